The first-order valence-corrected chi connectivity index (χ1v) is 8.14. The van der Waals surface area contributed by atoms with Crippen LogP contribution in [0.2, 0.25) is 0 Å². The Morgan fingerprint density at radius 1 is 1.39 bits per heavy atom. The molecule has 1 aromatic carbocycles. The molecule has 0 amide bonds. The van der Waals surface area contributed by atoms with E-state index in [1.54, 1.807) is 25.1 Å². The average Bonchev–Trinajstić information content (AvgIpc) is 2.91. The van der Waals surface area contributed by atoms with Crippen LogP contribution >= 0.6 is 11.3 Å². The van der Waals surface area contributed by atoms with Crippen molar-refractivity contribution in [2.75, 3.05) is 6.61 Å². The molecule has 0 aliphatic heterocycles. The van der Waals surface area contributed by atoms with Crippen LogP contribution in [-0.4, -0.2) is 17.6 Å². The summed E-state index contributed by atoms with van der Waals surface area (Å²) in [6.45, 7) is 8.09. The minimum atomic E-state index is -0.461. The Balaban J connectivity index is 2.28. The molecule has 0 saturated heterocycles. The van der Waals surface area contributed by atoms with Crippen molar-refractivity contribution in [3.05, 3.63) is 39.3 Å². The summed E-state index contributed by atoms with van der Waals surface area (Å²) in [5, 5.41) is 9.85. The second kappa shape index (κ2) is 7.25. The lowest BCUT2D eigenvalue weighted by Crippen LogP contribution is -2.09. The van der Waals surface area contributed by atoms with Crippen molar-refractivity contribution in [1.29, 1.82) is 5.26 Å². The van der Waals surface area contributed by atoms with Gasteiger partial charge in [0.05, 0.1) is 28.9 Å². The maximum atomic E-state index is 12.4. The van der Waals surface area contributed by atoms with Crippen molar-refractivity contribution in [3.8, 4) is 17.6 Å². The molecule has 0 unspecified atom stereocenters. The van der Waals surface area contributed by atoms with Gasteiger partial charge >= 0.3 is 5.97 Å². The Kier molecular flexibility index (Phi) is 5.35. The molecule has 120 valence electrons. The molecule has 0 radical (unpaired) electrons. The molecule has 2 aromatic rings. The molecule has 1 heterocycles. The van der Waals surface area contributed by atoms with Gasteiger partial charge in [-0.05, 0) is 26.0 Å². The van der Waals surface area contributed by atoms with Crippen molar-refractivity contribution in [2.45, 2.75) is 33.6 Å². The summed E-state index contributed by atoms with van der Waals surface area (Å²) in [7, 11) is 0. The molecule has 0 atom stereocenters. The van der Waals surface area contributed by atoms with Gasteiger partial charge in [-0.25, -0.2) is 9.78 Å². The summed E-state index contributed by atoms with van der Waals surface area (Å²) in [6, 6.07) is 6.75. The van der Waals surface area contributed by atoms with Gasteiger partial charge in [-0.3, -0.25) is 0 Å². The fourth-order valence-corrected chi connectivity index (χ4v) is 2.88. The van der Waals surface area contributed by atoms with Crippen LogP contribution in [-0.2, 0) is 0 Å². The summed E-state index contributed by atoms with van der Waals surface area (Å²) in [6.07, 6.45) is 0. The fourth-order valence-electron chi connectivity index (χ4n) is 1.93. The molecular weight excluding hydrogens is 312 g/mol. The zero-order chi connectivity index (χ0) is 17.0. The van der Waals surface area contributed by atoms with E-state index in [4.69, 9.17) is 14.7 Å². The van der Waals surface area contributed by atoms with Crippen molar-refractivity contribution < 1.29 is 14.3 Å². The summed E-state index contributed by atoms with van der Waals surface area (Å²) in [4.78, 5) is 17.3. The first kappa shape index (κ1) is 17.0. The standard InChI is InChI=1S/C17H18N2O3S/c1-5-21-14-8-12(9-18)6-7-13(14)22-17(20)15-11(4)19-16(23-15)10(2)3/h6-8,10H,5H2,1-4H3. The van der Waals surface area contributed by atoms with E-state index in [0.29, 0.717) is 34.2 Å². The van der Waals surface area contributed by atoms with E-state index < -0.39 is 5.97 Å². The molecule has 0 aliphatic carbocycles. The van der Waals surface area contributed by atoms with E-state index in [1.165, 1.54) is 11.3 Å². The molecule has 23 heavy (non-hydrogen) atoms. The maximum absolute atomic E-state index is 12.4. The summed E-state index contributed by atoms with van der Waals surface area (Å²) in [5.74, 6) is 0.479. The molecule has 2 rings (SSSR count). The highest BCUT2D eigenvalue weighted by molar-refractivity contribution is 7.13. The van der Waals surface area contributed by atoms with E-state index >= 15 is 0 Å². The van der Waals surface area contributed by atoms with Crippen LogP contribution in [0.15, 0.2) is 18.2 Å². The minimum Gasteiger partial charge on any atom is -0.490 e. The molecule has 0 saturated carbocycles. The lowest BCUT2D eigenvalue weighted by molar-refractivity contribution is 0.0732. The van der Waals surface area contributed by atoms with Gasteiger partial charge in [-0.2, -0.15) is 5.26 Å². The molecule has 0 N–H and O–H groups in total. The first-order chi connectivity index (χ1) is 11.0. The molecule has 0 spiro atoms. The van der Waals surface area contributed by atoms with Crippen LogP contribution in [0.4, 0.5) is 0 Å². The minimum absolute atomic E-state index is 0.258. The average molecular weight is 330 g/mol. The SMILES string of the molecule is CCOc1cc(C#N)ccc1OC(=O)c1sc(C(C)C)nc1C. The Morgan fingerprint density at radius 3 is 2.70 bits per heavy atom. The molecule has 6 heteroatoms. The molecule has 0 aliphatic rings. The van der Waals surface area contributed by atoms with Gasteiger partial charge in [-0.15, -0.1) is 11.3 Å². The molecule has 5 nitrogen and oxygen atoms in total. The highest BCUT2D eigenvalue weighted by atomic mass is 32.1. The van der Waals surface area contributed by atoms with Gasteiger partial charge in [-0.1, -0.05) is 13.8 Å². The van der Waals surface area contributed by atoms with E-state index in [2.05, 4.69) is 4.98 Å². The third-order valence-corrected chi connectivity index (χ3v) is 4.51. The summed E-state index contributed by atoms with van der Waals surface area (Å²) in [5.41, 5.74) is 1.11. The van der Waals surface area contributed by atoms with Gasteiger partial charge in [0.25, 0.3) is 0 Å². The number of thiazole rings is 1. The number of nitriles is 1. The van der Waals surface area contributed by atoms with Crippen molar-refractivity contribution in [1.82, 2.24) is 4.98 Å². The van der Waals surface area contributed by atoms with Crippen molar-refractivity contribution >= 4 is 17.3 Å². The summed E-state index contributed by atoms with van der Waals surface area (Å²) >= 11 is 1.34. The molecule has 1 aromatic heterocycles. The lowest BCUT2D eigenvalue weighted by atomic mass is 10.2. The first-order valence-electron chi connectivity index (χ1n) is 7.32. The number of aromatic nitrogens is 1. The number of hydrogen-bond acceptors (Lipinski definition) is 6. The van der Waals surface area contributed by atoms with Gasteiger partial charge in [0.15, 0.2) is 11.5 Å². The third-order valence-electron chi connectivity index (χ3n) is 3.07. The Morgan fingerprint density at radius 2 is 2.13 bits per heavy atom. The molecular formula is C17H18N2O3S. The van der Waals surface area contributed by atoms with Crippen LogP contribution in [0, 0.1) is 18.3 Å². The van der Waals surface area contributed by atoms with Crippen LogP contribution in [0.3, 0.4) is 0 Å². The normalized spacial score (nSPS) is 10.4. The van der Waals surface area contributed by atoms with Crippen LogP contribution in [0.5, 0.6) is 11.5 Å². The highest BCUT2D eigenvalue weighted by Crippen LogP contribution is 2.31. The zero-order valence-corrected chi connectivity index (χ0v) is 14.4. The number of carbonyl (C=O) groups excluding carboxylic acids is 1. The predicted molar refractivity (Wildman–Crippen MR) is 88.2 cm³/mol. The fraction of sp³-hybridized carbons (Fsp3) is 0.353. The number of aryl methyl sites for hydroxylation is 1. The highest BCUT2D eigenvalue weighted by Gasteiger charge is 2.20. The van der Waals surface area contributed by atoms with Crippen molar-refractivity contribution in [2.24, 2.45) is 0 Å². The van der Waals surface area contributed by atoms with Gasteiger partial charge in [0.1, 0.15) is 4.88 Å². The third kappa shape index (κ3) is 3.88. The number of nitrogens with zero attached hydrogens (tertiary/aromatic N) is 2. The Hall–Kier alpha value is -2.39. The van der Waals surface area contributed by atoms with Crippen molar-refractivity contribution in [3.63, 3.8) is 0 Å². The van der Waals surface area contributed by atoms with Crippen LogP contribution in [0.1, 0.15) is 52.6 Å². The maximum Gasteiger partial charge on any atom is 0.355 e. The number of hydrogen-bond donors (Lipinski definition) is 0. The van der Waals surface area contributed by atoms with Gasteiger partial charge < -0.3 is 9.47 Å². The van der Waals surface area contributed by atoms with Crippen LogP contribution in [0.25, 0.3) is 0 Å². The van der Waals surface area contributed by atoms with E-state index in [9.17, 15) is 4.79 Å². The second-order valence-corrected chi connectivity index (χ2v) is 6.25. The molecule has 0 fully saturated rings. The number of ether oxygens (including phenoxy) is 2. The number of rotatable bonds is 5. The number of benzene rings is 1. The van der Waals surface area contributed by atoms with Gasteiger partial charge in [0, 0.05) is 12.0 Å². The monoisotopic (exact) mass is 330 g/mol. The van der Waals surface area contributed by atoms with E-state index in [1.807, 2.05) is 26.8 Å². The van der Waals surface area contributed by atoms with Crippen LogP contribution < -0.4 is 9.47 Å². The topological polar surface area (TPSA) is 72.2 Å². The van der Waals surface area contributed by atoms with E-state index in [-0.39, 0.29) is 5.92 Å². The Labute approximate surface area is 139 Å². The Bertz CT molecular complexity index is 760. The van der Waals surface area contributed by atoms with E-state index in [0.717, 1.165) is 5.01 Å². The largest absolute Gasteiger partial charge is 0.490 e. The number of esters is 1. The quantitative estimate of drug-likeness (QED) is 0.610. The molecule has 0 bridgehead atoms. The smallest absolute Gasteiger partial charge is 0.355 e. The predicted octanol–water partition coefficient (Wildman–Crippen LogP) is 4.06. The summed E-state index contributed by atoms with van der Waals surface area (Å²) < 4.78 is 10.9. The zero-order valence-electron chi connectivity index (χ0n) is 13.5. The van der Waals surface area contributed by atoms with Gasteiger partial charge in [0.2, 0.25) is 0 Å². The number of carbonyl (C=O) groups is 1. The lowest BCUT2D eigenvalue weighted by Gasteiger charge is -2.10. The second-order valence-electron chi connectivity index (χ2n) is 5.22.